The number of benzene rings is 1. The molecule has 1 heterocycles. The van der Waals surface area contributed by atoms with E-state index in [0.717, 1.165) is 0 Å². The molecule has 1 aromatic rings. The molecule has 0 saturated heterocycles. The van der Waals surface area contributed by atoms with Gasteiger partial charge in [-0.25, -0.2) is 0 Å². The average Bonchev–Trinajstić information content (AvgIpc) is 2.60. The first kappa shape index (κ1) is 12.3. The van der Waals surface area contributed by atoms with E-state index in [1.54, 1.807) is 31.2 Å². The van der Waals surface area contributed by atoms with Gasteiger partial charge in [-0.05, 0) is 12.5 Å². The second kappa shape index (κ2) is 4.23. The average molecular weight is 253 g/mol. The zero-order valence-electron chi connectivity index (χ0n) is 9.79. The monoisotopic (exact) mass is 253 g/mol. The lowest BCUT2D eigenvalue weighted by Crippen LogP contribution is -2.24. The minimum absolute atomic E-state index is 0.241. The quantitative estimate of drug-likeness (QED) is 0.889. The van der Waals surface area contributed by atoms with E-state index in [4.69, 9.17) is 0 Å². The predicted molar refractivity (Wildman–Crippen MR) is 65.6 cm³/mol. The number of fused-ring (bicyclic) bond motifs is 1. The zero-order chi connectivity index (χ0) is 12.6. The lowest BCUT2D eigenvalue weighted by Gasteiger charge is -2.17. The molecule has 92 valence electrons. The van der Waals surface area contributed by atoms with Crippen molar-refractivity contribution >= 4 is 15.7 Å². The van der Waals surface area contributed by atoms with Crippen LogP contribution in [0, 0.1) is 5.92 Å². The van der Waals surface area contributed by atoms with E-state index < -0.39 is 16.1 Å². The Morgan fingerprint density at radius 2 is 2.00 bits per heavy atom. The molecule has 2 unspecified atom stereocenters. The highest BCUT2D eigenvalue weighted by Crippen LogP contribution is 2.30. The number of aliphatic hydroxyl groups is 1. The minimum Gasteiger partial charge on any atom is -0.392 e. The number of rotatable bonds is 3. The molecule has 2 rings (SSSR count). The Bertz CT molecular complexity index is 563. The fourth-order valence-electron chi connectivity index (χ4n) is 2.00. The summed E-state index contributed by atoms with van der Waals surface area (Å²) >= 11 is 0. The maximum Gasteiger partial charge on any atom is 0.283 e. The highest BCUT2D eigenvalue weighted by molar-refractivity contribution is 7.90. The van der Waals surface area contributed by atoms with Crippen LogP contribution in [0.2, 0.25) is 0 Å². The van der Waals surface area contributed by atoms with Gasteiger partial charge in [0.25, 0.3) is 10.0 Å². The van der Waals surface area contributed by atoms with Crippen LogP contribution >= 0.6 is 0 Å². The van der Waals surface area contributed by atoms with Crippen LogP contribution in [0.15, 0.2) is 33.6 Å². The molecule has 0 fully saturated rings. The van der Waals surface area contributed by atoms with Gasteiger partial charge in [0.1, 0.15) is 0 Å². The molecule has 0 saturated carbocycles. The smallest absolute Gasteiger partial charge is 0.283 e. The maximum absolute atomic E-state index is 11.8. The van der Waals surface area contributed by atoms with Crippen molar-refractivity contribution in [2.75, 3.05) is 0 Å². The Morgan fingerprint density at radius 3 is 2.65 bits per heavy atom. The summed E-state index contributed by atoms with van der Waals surface area (Å²) in [5, 5.41) is 9.81. The molecule has 1 aromatic carbocycles. The van der Waals surface area contributed by atoms with Gasteiger partial charge in [-0.15, -0.1) is 0 Å². The molecule has 0 aliphatic carbocycles. The SMILES string of the molecule is CCC(O)C(C)C1=NS(=O)(=O)c2ccccc21. The third-order valence-electron chi connectivity index (χ3n) is 3.09. The number of sulfonamides is 1. The molecule has 1 aliphatic rings. The lowest BCUT2D eigenvalue weighted by atomic mass is 9.92. The number of hydrogen-bond acceptors (Lipinski definition) is 3. The Hall–Kier alpha value is -1.20. The number of nitrogens with zero attached hydrogens (tertiary/aromatic N) is 1. The van der Waals surface area contributed by atoms with Crippen LogP contribution in [0.1, 0.15) is 25.8 Å². The fraction of sp³-hybridized carbons (Fsp3) is 0.417. The van der Waals surface area contributed by atoms with E-state index in [2.05, 4.69) is 4.40 Å². The first-order valence-corrected chi connectivity index (χ1v) is 7.03. The Labute approximate surface area is 101 Å². The summed E-state index contributed by atoms with van der Waals surface area (Å²) in [6, 6.07) is 6.74. The van der Waals surface area contributed by atoms with E-state index in [1.165, 1.54) is 0 Å². The molecule has 0 amide bonds. The molecule has 5 heteroatoms. The van der Waals surface area contributed by atoms with E-state index in [-0.39, 0.29) is 10.8 Å². The molecule has 0 bridgehead atoms. The topological polar surface area (TPSA) is 66.7 Å². The van der Waals surface area contributed by atoms with Crippen molar-refractivity contribution in [1.82, 2.24) is 0 Å². The molecule has 0 aromatic heterocycles. The predicted octanol–water partition coefficient (Wildman–Crippen LogP) is 1.58. The van der Waals surface area contributed by atoms with E-state index >= 15 is 0 Å². The summed E-state index contributed by atoms with van der Waals surface area (Å²) in [5.74, 6) is -0.279. The molecular weight excluding hydrogens is 238 g/mol. The van der Waals surface area contributed by atoms with Crippen molar-refractivity contribution in [2.24, 2.45) is 10.3 Å². The summed E-state index contributed by atoms with van der Waals surface area (Å²) in [7, 11) is -3.56. The van der Waals surface area contributed by atoms with Gasteiger partial charge >= 0.3 is 0 Å². The number of hydrogen-bond donors (Lipinski definition) is 1. The van der Waals surface area contributed by atoms with Gasteiger partial charge in [0.05, 0.1) is 16.7 Å². The van der Waals surface area contributed by atoms with Crippen LogP contribution in [-0.4, -0.2) is 25.3 Å². The van der Waals surface area contributed by atoms with Crippen LogP contribution in [0.4, 0.5) is 0 Å². The van der Waals surface area contributed by atoms with Crippen molar-refractivity contribution in [1.29, 1.82) is 0 Å². The normalized spacial score (nSPS) is 20.5. The third-order valence-corrected chi connectivity index (χ3v) is 4.44. The van der Waals surface area contributed by atoms with Gasteiger partial charge in [-0.2, -0.15) is 12.8 Å². The van der Waals surface area contributed by atoms with Gasteiger partial charge in [-0.1, -0.05) is 32.0 Å². The fourth-order valence-corrected chi connectivity index (χ4v) is 3.32. The molecule has 2 atom stereocenters. The summed E-state index contributed by atoms with van der Waals surface area (Å²) < 4.78 is 27.4. The van der Waals surface area contributed by atoms with E-state index in [9.17, 15) is 13.5 Å². The Morgan fingerprint density at radius 1 is 1.35 bits per heavy atom. The molecule has 1 N–H and O–H groups in total. The van der Waals surface area contributed by atoms with Gasteiger partial charge in [0, 0.05) is 11.5 Å². The van der Waals surface area contributed by atoms with Gasteiger partial charge < -0.3 is 5.11 Å². The molecule has 0 radical (unpaired) electrons. The van der Waals surface area contributed by atoms with Crippen molar-refractivity contribution in [2.45, 2.75) is 31.3 Å². The van der Waals surface area contributed by atoms with Crippen molar-refractivity contribution < 1.29 is 13.5 Å². The number of aliphatic hydroxyl groups excluding tert-OH is 1. The largest absolute Gasteiger partial charge is 0.392 e. The first-order chi connectivity index (χ1) is 7.97. The minimum atomic E-state index is -3.56. The first-order valence-electron chi connectivity index (χ1n) is 5.59. The van der Waals surface area contributed by atoms with Crippen molar-refractivity contribution in [3.63, 3.8) is 0 Å². The second-order valence-corrected chi connectivity index (χ2v) is 5.78. The zero-order valence-corrected chi connectivity index (χ0v) is 10.6. The van der Waals surface area contributed by atoms with Crippen LogP contribution in [0.25, 0.3) is 0 Å². The Kier molecular flexibility index (Phi) is 3.05. The molecular formula is C12H15NO3S. The maximum atomic E-state index is 11.8. The molecule has 1 aliphatic heterocycles. The Balaban J connectivity index is 2.52. The van der Waals surface area contributed by atoms with Gasteiger partial charge in [-0.3, -0.25) is 0 Å². The molecule has 0 spiro atoms. The lowest BCUT2D eigenvalue weighted by molar-refractivity contribution is 0.141. The molecule has 4 nitrogen and oxygen atoms in total. The standard InChI is InChI=1S/C12H15NO3S/c1-3-10(14)8(2)12-9-6-4-5-7-11(9)17(15,16)13-12/h4-8,10,14H,3H2,1-2H3. The van der Waals surface area contributed by atoms with Crippen LogP contribution in [0.3, 0.4) is 0 Å². The van der Waals surface area contributed by atoms with Crippen LogP contribution < -0.4 is 0 Å². The molecule has 17 heavy (non-hydrogen) atoms. The summed E-state index contributed by atoms with van der Waals surface area (Å²) in [5.41, 5.74) is 1.09. The highest BCUT2D eigenvalue weighted by Gasteiger charge is 2.32. The van der Waals surface area contributed by atoms with Gasteiger partial charge in [0.2, 0.25) is 0 Å². The second-order valence-electron chi connectivity index (χ2n) is 4.21. The van der Waals surface area contributed by atoms with E-state index in [0.29, 0.717) is 17.7 Å². The third kappa shape index (κ3) is 2.00. The summed E-state index contributed by atoms with van der Waals surface area (Å²) in [6.07, 6.45) is -0.00215. The summed E-state index contributed by atoms with van der Waals surface area (Å²) in [4.78, 5) is 0.241. The van der Waals surface area contributed by atoms with Crippen LogP contribution in [-0.2, 0) is 10.0 Å². The van der Waals surface area contributed by atoms with E-state index in [1.807, 2.05) is 6.92 Å². The van der Waals surface area contributed by atoms with Crippen molar-refractivity contribution in [3.8, 4) is 0 Å². The van der Waals surface area contributed by atoms with Crippen molar-refractivity contribution in [3.05, 3.63) is 29.8 Å². The highest BCUT2D eigenvalue weighted by atomic mass is 32.2. The van der Waals surface area contributed by atoms with Gasteiger partial charge in [0.15, 0.2) is 0 Å². The van der Waals surface area contributed by atoms with Crippen LogP contribution in [0.5, 0.6) is 0 Å². The summed E-state index contributed by atoms with van der Waals surface area (Å²) in [6.45, 7) is 3.65.